The number of para-hydroxylation sites is 1. The van der Waals surface area contributed by atoms with Gasteiger partial charge in [-0.2, -0.15) is 0 Å². The predicted octanol–water partition coefficient (Wildman–Crippen LogP) is 3.33. The number of nitrogens with zero attached hydrogens (tertiary/aromatic N) is 4. The van der Waals surface area contributed by atoms with Crippen LogP contribution in [0, 0.1) is 0 Å². The van der Waals surface area contributed by atoms with Crippen LogP contribution in [0.5, 0.6) is 5.75 Å². The van der Waals surface area contributed by atoms with Crippen molar-refractivity contribution in [2.24, 2.45) is 4.99 Å². The maximum atomic E-state index is 12.5. The van der Waals surface area contributed by atoms with Gasteiger partial charge < -0.3 is 24.6 Å². The number of nitrogens with one attached hydrogen (secondary N) is 1. The maximum Gasteiger partial charge on any atom is 0.410 e. The first-order chi connectivity index (χ1) is 15.4. The summed E-state index contributed by atoms with van der Waals surface area (Å²) in [7, 11) is 1.74. The summed E-state index contributed by atoms with van der Waals surface area (Å²) >= 11 is 0. The molecule has 0 radical (unpaired) electrons. The zero-order chi connectivity index (χ0) is 22.7. The van der Waals surface area contributed by atoms with Crippen molar-refractivity contribution in [3.63, 3.8) is 0 Å². The molecule has 184 valence electrons. The average Bonchev–Trinajstić information content (AvgIpc) is 3.43. The van der Waals surface area contributed by atoms with Gasteiger partial charge in [-0.3, -0.25) is 9.89 Å². The van der Waals surface area contributed by atoms with Gasteiger partial charge in [0.2, 0.25) is 0 Å². The van der Waals surface area contributed by atoms with Gasteiger partial charge in [-0.25, -0.2) is 4.79 Å². The van der Waals surface area contributed by atoms with Gasteiger partial charge in [0.05, 0.1) is 25.7 Å². The van der Waals surface area contributed by atoms with Gasteiger partial charge in [0.1, 0.15) is 11.4 Å². The highest BCUT2D eigenvalue weighted by molar-refractivity contribution is 14.0. The number of halogens is 1. The quantitative estimate of drug-likeness (QED) is 0.548. The summed E-state index contributed by atoms with van der Waals surface area (Å²) in [4.78, 5) is 23.9. The Hall–Kier alpha value is -1.75. The molecule has 1 N–H and O–H groups in total. The highest BCUT2D eigenvalue weighted by Gasteiger charge is 2.37. The van der Waals surface area contributed by atoms with Crippen LogP contribution in [0.25, 0.3) is 0 Å². The molecule has 4 rings (SSSR count). The molecule has 0 saturated carbocycles. The van der Waals surface area contributed by atoms with E-state index in [9.17, 15) is 4.79 Å². The van der Waals surface area contributed by atoms with Crippen LogP contribution in [0.4, 0.5) is 4.79 Å². The molecule has 2 unspecified atom stereocenters. The van der Waals surface area contributed by atoms with Gasteiger partial charge in [0.25, 0.3) is 0 Å². The Labute approximate surface area is 214 Å². The Balaban J connectivity index is 0.00000306. The average molecular weight is 572 g/mol. The molecule has 8 nitrogen and oxygen atoms in total. The molecule has 1 aromatic rings. The molecule has 2 atom stereocenters. The summed E-state index contributed by atoms with van der Waals surface area (Å²) in [6, 6.07) is 8.75. The lowest BCUT2D eigenvalue weighted by atomic mass is 10.0. The summed E-state index contributed by atoms with van der Waals surface area (Å²) < 4.78 is 11.2. The molecule has 0 aliphatic carbocycles. The number of likely N-dealkylation sites (tertiary alicyclic amines) is 1. The van der Waals surface area contributed by atoms with Crippen LogP contribution in [0.2, 0.25) is 0 Å². The van der Waals surface area contributed by atoms with Crippen LogP contribution in [0.15, 0.2) is 29.3 Å². The number of rotatable bonds is 5. The molecular weight excluding hydrogens is 533 g/mol. The Morgan fingerprint density at radius 2 is 1.91 bits per heavy atom. The molecule has 0 spiro atoms. The lowest BCUT2D eigenvalue weighted by Gasteiger charge is -2.39. The minimum atomic E-state index is -0.476. The number of piperazine rings is 1. The van der Waals surface area contributed by atoms with Crippen molar-refractivity contribution in [2.45, 2.75) is 51.3 Å². The number of amides is 1. The van der Waals surface area contributed by atoms with E-state index in [2.05, 4.69) is 27.2 Å². The first-order valence-corrected chi connectivity index (χ1v) is 11.8. The highest BCUT2D eigenvalue weighted by Crippen LogP contribution is 2.31. The second kappa shape index (κ2) is 11.1. The zero-order valence-electron chi connectivity index (χ0n) is 20.2. The second-order valence-electron chi connectivity index (χ2n) is 9.82. The van der Waals surface area contributed by atoms with Gasteiger partial charge in [-0.05, 0) is 52.8 Å². The molecule has 1 aromatic carbocycles. The van der Waals surface area contributed by atoms with E-state index in [1.807, 2.05) is 37.8 Å². The summed E-state index contributed by atoms with van der Waals surface area (Å²) in [5.41, 5.74) is 0.741. The fraction of sp³-hybridized carbons (Fsp3) is 0.667. The van der Waals surface area contributed by atoms with Gasteiger partial charge in [0, 0.05) is 31.7 Å². The van der Waals surface area contributed by atoms with Crippen LogP contribution in [-0.4, -0.2) is 91.3 Å². The van der Waals surface area contributed by atoms with Crippen molar-refractivity contribution < 1.29 is 14.3 Å². The number of fused-ring (bicyclic) bond motifs is 1. The normalized spacial score (nSPS) is 21.7. The van der Waals surface area contributed by atoms with Crippen molar-refractivity contribution in [3.05, 3.63) is 29.8 Å². The van der Waals surface area contributed by atoms with E-state index < -0.39 is 5.60 Å². The minimum Gasteiger partial charge on any atom is -0.496 e. The Morgan fingerprint density at radius 3 is 2.61 bits per heavy atom. The molecule has 0 aromatic heterocycles. The number of benzene rings is 1. The molecule has 3 aliphatic rings. The molecule has 3 heterocycles. The lowest BCUT2D eigenvalue weighted by molar-refractivity contribution is 0.0137. The molecule has 9 heteroatoms. The third-order valence-corrected chi connectivity index (χ3v) is 6.39. The SMILES string of the molecule is COc1ccccc1C(CNC1=NCC2CN(C(=O)OC(C)(C)C)CCN12)N1CCCC1.I. The molecule has 1 amide bonds. The maximum absolute atomic E-state index is 12.5. The number of ether oxygens (including phenoxy) is 2. The molecule has 33 heavy (non-hydrogen) atoms. The fourth-order valence-electron chi connectivity index (χ4n) is 4.84. The van der Waals surface area contributed by atoms with Gasteiger partial charge in [-0.15, -0.1) is 24.0 Å². The monoisotopic (exact) mass is 571 g/mol. The van der Waals surface area contributed by atoms with Crippen molar-refractivity contribution in [2.75, 3.05) is 52.9 Å². The first-order valence-electron chi connectivity index (χ1n) is 11.8. The van der Waals surface area contributed by atoms with E-state index in [4.69, 9.17) is 14.5 Å². The topological polar surface area (TPSA) is 69.6 Å². The van der Waals surface area contributed by atoms with Crippen molar-refractivity contribution in [3.8, 4) is 5.75 Å². The summed E-state index contributed by atoms with van der Waals surface area (Å²) in [6.45, 7) is 11.4. The van der Waals surface area contributed by atoms with Crippen molar-refractivity contribution in [1.29, 1.82) is 0 Å². The second-order valence-corrected chi connectivity index (χ2v) is 9.82. The summed E-state index contributed by atoms with van der Waals surface area (Å²) in [5.74, 6) is 1.88. The van der Waals surface area contributed by atoms with E-state index in [1.165, 1.54) is 18.4 Å². The van der Waals surface area contributed by atoms with E-state index in [-0.39, 0.29) is 42.2 Å². The van der Waals surface area contributed by atoms with E-state index in [0.717, 1.165) is 37.9 Å². The molecule has 3 aliphatic heterocycles. The number of carbonyl (C=O) groups excluding carboxylic acids is 1. The number of carbonyl (C=O) groups is 1. The van der Waals surface area contributed by atoms with Crippen LogP contribution in [0.1, 0.15) is 45.2 Å². The standard InChI is InChI=1S/C24H37N5O3.HI/c1-24(2,3)32-23(30)28-13-14-29-18(17-28)15-25-22(29)26-16-20(27-11-7-8-12-27)19-9-5-6-10-21(19)31-4;/h5-6,9-10,18,20H,7-8,11-17H2,1-4H3,(H,25,26);1H. The van der Waals surface area contributed by atoms with Crippen LogP contribution in [0.3, 0.4) is 0 Å². The largest absolute Gasteiger partial charge is 0.496 e. The molecule has 2 fully saturated rings. The Morgan fingerprint density at radius 1 is 1.18 bits per heavy atom. The number of hydrogen-bond donors (Lipinski definition) is 1. The molecule has 2 saturated heterocycles. The third-order valence-electron chi connectivity index (χ3n) is 6.39. The van der Waals surface area contributed by atoms with E-state index in [1.54, 1.807) is 7.11 Å². The molecular formula is C24H38IN5O3. The molecule has 0 bridgehead atoms. The van der Waals surface area contributed by atoms with E-state index >= 15 is 0 Å². The number of aliphatic imine (C=N–C) groups is 1. The number of hydrogen-bond acceptors (Lipinski definition) is 7. The lowest BCUT2D eigenvalue weighted by Crippen LogP contribution is -2.58. The summed E-state index contributed by atoms with van der Waals surface area (Å²) in [5, 5.41) is 3.63. The number of guanidine groups is 1. The van der Waals surface area contributed by atoms with Gasteiger partial charge in [0.15, 0.2) is 5.96 Å². The highest BCUT2D eigenvalue weighted by atomic mass is 127. The first kappa shape index (κ1) is 25.9. The van der Waals surface area contributed by atoms with Gasteiger partial charge >= 0.3 is 6.09 Å². The predicted molar refractivity (Wildman–Crippen MR) is 141 cm³/mol. The zero-order valence-corrected chi connectivity index (χ0v) is 22.6. The van der Waals surface area contributed by atoms with Crippen molar-refractivity contribution >= 4 is 36.0 Å². The smallest absolute Gasteiger partial charge is 0.410 e. The Kier molecular flexibility index (Phi) is 8.71. The minimum absolute atomic E-state index is 0. The van der Waals surface area contributed by atoms with Crippen LogP contribution >= 0.6 is 24.0 Å². The Bertz CT molecular complexity index is 838. The summed E-state index contributed by atoms with van der Waals surface area (Å²) in [6.07, 6.45) is 2.24. The third kappa shape index (κ3) is 6.23. The van der Waals surface area contributed by atoms with Crippen molar-refractivity contribution in [1.82, 2.24) is 20.0 Å². The van der Waals surface area contributed by atoms with E-state index in [0.29, 0.717) is 19.6 Å². The number of methoxy groups -OCH3 is 1. The van der Waals surface area contributed by atoms with Gasteiger partial charge in [-0.1, -0.05) is 18.2 Å². The van der Waals surface area contributed by atoms with Crippen LogP contribution in [-0.2, 0) is 4.74 Å². The van der Waals surface area contributed by atoms with Crippen LogP contribution < -0.4 is 10.1 Å². The fourth-order valence-corrected chi connectivity index (χ4v) is 4.84.